The minimum atomic E-state index is -0.892. The number of benzene rings is 2. The number of carbonyl (C=O) groups is 3. The maximum atomic E-state index is 13.4. The molecule has 0 aliphatic heterocycles. The first-order valence-corrected chi connectivity index (χ1v) is 10.8. The van der Waals surface area contributed by atoms with Gasteiger partial charge in [0.2, 0.25) is 0 Å². The Hall–Kier alpha value is -3.35. The van der Waals surface area contributed by atoms with Gasteiger partial charge in [-0.1, -0.05) is 45.2 Å². The molecule has 0 spiro atoms. The van der Waals surface area contributed by atoms with E-state index in [4.69, 9.17) is 9.47 Å². The minimum Gasteiger partial charge on any atom is -0.468 e. The second-order valence-electron chi connectivity index (χ2n) is 8.18. The third-order valence-corrected chi connectivity index (χ3v) is 5.49. The number of aromatic nitrogens is 2. The van der Waals surface area contributed by atoms with Gasteiger partial charge in [0.15, 0.2) is 5.78 Å². The Morgan fingerprint density at radius 2 is 1.38 bits per heavy atom. The molecule has 1 atom stereocenters. The molecule has 168 valence electrons. The molecule has 0 fully saturated rings. The third kappa shape index (κ3) is 4.93. The number of unbranched alkanes of at least 4 members (excludes halogenated alkanes) is 1. The van der Waals surface area contributed by atoms with Crippen molar-refractivity contribution in [2.75, 3.05) is 14.2 Å². The Labute approximate surface area is 187 Å². The van der Waals surface area contributed by atoms with Crippen LogP contribution in [0.3, 0.4) is 0 Å². The van der Waals surface area contributed by atoms with Crippen molar-refractivity contribution >= 4 is 39.8 Å². The first-order chi connectivity index (χ1) is 15.4. The van der Waals surface area contributed by atoms with Gasteiger partial charge in [-0.25, -0.2) is 14.8 Å². The number of fused-ring (bicyclic) bond motifs is 2. The fraction of sp³-hybridized carbons (Fsp3) is 0.400. The van der Waals surface area contributed by atoms with Gasteiger partial charge in [0.05, 0.1) is 30.8 Å². The van der Waals surface area contributed by atoms with Gasteiger partial charge >= 0.3 is 11.9 Å². The molecule has 2 aromatic carbocycles. The summed E-state index contributed by atoms with van der Waals surface area (Å²) in [6.45, 7) is 4.29. The molecule has 0 bridgehead atoms. The standard InChI is InChI=1S/C25H28N2O5/c1-15(2)9-5-6-10-18(25(30)32-4)23(28)16-11-7-13-19-21(16)26-20-14-8-12-17(22(20)27-19)24(29)31-3/h7-8,11-15,18H,5-6,9-10H2,1-4H3. The highest BCUT2D eigenvalue weighted by Gasteiger charge is 2.30. The van der Waals surface area contributed by atoms with E-state index in [1.54, 1.807) is 36.4 Å². The summed E-state index contributed by atoms with van der Waals surface area (Å²) in [6, 6.07) is 10.1. The van der Waals surface area contributed by atoms with Crippen LogP contribution < -0.4 is 0 Å². The Balaban J connectivity index is 2.02. The zero-order chi connectivity index (χ0) is 23.3. The number of ether oxygens (including phenoxy) is 2. The normalized spacial score (nSPS) is 12.2. The number of Topliss-reactive ketones (excluding diaryl/α,β-unsaturated/α-hetero) is 1. The van der Waals surface area contributed by atoms with Crippen LogP contribution in [0.5, 0.6) is 0 Å². The third-order valence-electron chi connectivity index (χ3n) is 5.49. The Morgan fingerprint density at radius 3 is 1.94 bits per heavy atom. The Bertz CT molecular complexity index is 1160. The van der Waals surface area contributed by atoms with Crippen molar-refractivity contribution in [2.24, 2.45) is 11.8 Å². The number of rotatable bonds is 9. The van der Waals surface area contributed by atoms with Crippen molar-refractivity contribution in [1.82, 2.24) is 9.97 Å². The Kier molecular flexibility index (Phi) is 7.51. The van der Waals surface area contributed by atoms with Crippen LogP contribution >= 0.6 is 0 Å². The molecular formula is C25H28N2O5. The second kappa shape index (κ2) is 10.3. The number of esters is 2. The quantitative estimate of drug-likeness (QED) is 0.157. The highest BCUT2D eigenvalue weighted by atomic mass is 16.5. The van der Waals surface area contributed by atoms with Crippen molar-refractivity contribution in [3.05, 3.63) is 47.5 Å². The van der Waals surface area contributed by atoms with E-state index < -0.39 is 17.9 Å². The van der Waals surface area contributed by atoms with Crippen LogP contribution in [0.1, 0.15) is 60.2 Å². The van der Waals surface area contributed by atoms with Crippen molar-refractivity contribution in [2.45, 2.75) is 39.5 Å². The largest absolute Gasteiger partial charge is 0.468 e. The minimum absolute atomic E-state index is 0.300. The number of ketones is 1. The summed E-state index contributed by atoms with van der Waals surface area (Å²) < 4.78 is 9.76. The predicted molar refractivity (Wildman–Crippen MR) is 122 cm³/mol. The van der Waals surface area contributed by atoms with E-state index in [0.29, 0.717) is 45.5 Å². The molecule has 0 aliphatic rings. The maximum absolute atomic E-state index is 13.4. The van der Waals surface area contributed by atoms with Gasteiger partial charge in [-0.3, -0.25) is 9.59 Å². The lowest BCUT2D eigenvalue weighted by molar-refractivity contribution is -0.143. The fourth-order valence-electron chi connectivity index (χ4n) is 3.78. The van der Waals surface area contributed by atoms with Gasteiger partial charge in [0.25, 0.3) is 0 Å². The van der Waals surface area contributed by atoms with Gasteiger partial charge in [-0.05, 0) is 36.6 Å². The average molecular weight is 437 g/mol. The second-order valence-corrected chi connectivity index (χ2v) is 8.18. The summed E-state index contributed by atoms with van der Waals surface area (Å²) in [4.78, 5) is 47.1. The SMILES string of the molecule is COC(=O)c1cccc2nc3c(C(=O)C(CCCCC(C)C)C(=O)OC)cccc3nc12. The van der Waals surface area contributed by atoms with E-state index in [0.717, 1.165) is 19.3 Å². The van der Waals surface area contributed by atoms with Gasteiger partial charge in [0.1, 0.15) is 17.0 Å². The summed E-state index contributed by atoms with van der Waals surface area (Å²) in [5.74, 6) is -1.71. The number of methoxy groups -OCH3 is 2. The number of para-hydroxylation sites is 2. The maximum Gasteiger partial charge on any atom is 0.340 e. The molecule has 7 nitrogen and oxygen atoms in total. The first-order valence-electron chi connectivity index (χ1n) is 10.8. The molecule has 0 radical (unpaired) electrons. The molecule has 0 N–H and O–H groups in total. The van der Waals surface area contributed by atoms with Crippen molar-refractivity contribution in [3.8, 4) is 0 Å². The molecule has 0 saturated heterocycles. The van der Waals surface area contributed by atoms with E-state index in [-0.39, 0.29) is 5.78 Å². The highest BCUT2D eigenvalue weighted by Crippen LogP contribution is 2.26. The predicted octanol–water partition coefficient (Wildman–Crippen LogP) is 4.76. The van der Waals surface area contributed by atoms with Crippen molar-refractivity contribution < 1.29 is 23.9 Å². The molecular weight excluding hydrogens is 408 g/mol. The van der Waals surface area contributed by atoms with Crippen LogP contribution in [-0.2, 0) is 14.3 Å². The molecule has 32 heavy (non-hydrogen) atoms. The molecule has 0 amide bonds. The van der Waals surface area contributed by atoms with Gasteiger partial charge in [-0.15, -0.1) is 0 Å². The van der Waals surface area contributed by atoms with Crippen LogP contribution in [0.25, 0.3) is 22.1 Å². The van der Waals surface area contributed by atoms with Gasteiger partial charge in [0, 0.05) is 5.56 Å². The lowest BCUT2D eigenvalue weighted by Crippen LogP contribution is -2.26. The first kappa shape index (κ1) is 23.3. The van der Waals surface area contributed by atoms with Crippen LogP contribution in [-0.4, -0.2) is 41.9 Å². The van der Waals surface area contributed by atoms with E-state index >= 15 is 0 Å². The zero-order valence-electron chi connectivity index (χ0n) is 18.9. The van der Waals surface area contributed by atoms with E-state index in [9.17, 15) is 14.4 Å². The highest BCUT2D eigenvalue weighted by molar-refractivity contribution is 6.15. The van der Waals surface area contributed by atoms with Crippen LogP contribution in [0.15, 0.2) is 36.4 Å². The van der Waals surface area contributed by atoms with Crippen LogP contribution in [0.2, 0.25) is 0 Å². The van der Waals surface area contributed by atoms with Gasteiger partial charge in [-0.2, -0.15) is 0 Å². The smallest absolute Gasteiger partial charge is 0.340 e. The average Bonchev–Trinajstić information content (AvgIpc) is 2.80. The molecule has 1 aromatic heterocycles. The number of hydrogen-bond acceptors (Lipinski definition) is 7. The summed E-state index contributed by atoms with van der Waals surface area (Å²) in [7, 11) is 2.60. The lowest BCUT2D eigenvalue weighted by Gasteiger charge is -2.15. The monoisotopic (exact) mass is 436 g/mol. The number of nitrogens with zero attached hydrogens (tertiary/aromatic N) is 2. The Morgan fingerprint density at radius 1 is 0.812 bits per heavy atom. The van der Waals surface area contributed by atoms with E-state index in [1.165, 1.54) is 14.2 Å². The van der Waals surface area contributed by atoms with Crippen LogP contribution in [0, 0.1) is 11.8 Å². The molecule has 7 heteroatoms. The van der Waals surface area contributed by atoms with Crippen LogP contribution in [0.4, 0.5) is 0 Å². The lowest BCUT2D eigenvalue weighted by atomic mass is 9.91. The number of hydrogen-bond donors (Lipinski definition) is 0. The summed E-state index contributed by atoms with van der Waals surface area (Å²) in [5, 5.41) is 0. The van der Waals surface area contributed by atoms with E-state index in [2.05, 4.69) is 23.8 Å². The number of carbonyl (C=O) groups excluding carboxylic acids is 3. The van der Waals surface area contributed by atoms with Gasteiger partial charge < -0.3 is 9.47 Å². The van der Waals surface area contributed by atoms with Crippen molar-refractivity contribution in [1.29, 1.82) is 0 Å². The topological polar surface area (TPSA) is 95.5 Å². The molecule has 0 saturated carbocycles. The fourth-order valence-corrected chi connectivity index (χ4v) is 3.78. The molecule has 0 aliphatic carbocycles. The molecule has 3 rings (SSSR count). The van der Waals surface area contributed by atoms with Crippen molar-refractivity contribution in [3.63, 3.8) is 0 Å². The summed E-state index contributed by atoms with van der Waals surface area (Å²) >= 11 is 0. The molecule has 1 heterocycles. The summed E-state index contributed by atoms with van der Waals surface area (Å²) in [6.07, 6.45) is 3.15. The molecule has 3 aromatic rings. The van der Waals surface area contributed by atoms with E-state index in [1.807, 2.05) is 0 Å². The molecule has 1 unspecified atom stereocenters. The summed E-state index contributed by atoms with van der Waals surface area (Å²) in [5.41, 5.74) is 2.33. The zero-order valence-corrected chi connectivity index (χ0v) is 18.9.